The number of rotatable bonds is 6. The second kappa shape index (κ2) is 9.26. The molecule has 0 unspecified atom stereocenters. The van der Waals surface area contributed by atoms with E-state index in [0.717, 1.165) is 5.56 Å². The van der Waals surface area contributed by atoms with Crippen LogP contribution < -0.4 is 23.7 Å². The third kappa shape index (κ3) is 4.49. The van der Waals surface area contributed by atoms with Crippen molar-refractivity contribution in [3.63, 3.8) is 0 Å². The number of hydrogen-bond donors (Lipinski definition) is 0. The average molecular weight is 467 g/mol. The molecule has 1 aliphatic heterocycles. The van der Waals surface area contributed by atoms with Gasteiger partial charge in [0.05, 0.1) is 32.5 Å². The van der Waals surface area contributed by atoms with E-state index in [0.29, 0.717) is 33.6 Å². The van der Waals surface area contributed by atoms with E-state index in [1.807, 2.05) is 0 Å². The lowest BCUT2D eigenvalue weighted by molar-refractivity contribution is 0.0733. The van der Waals surface area contributed by atoms with Gasteiger partial charge in [-0.3, -0.25) is 4.79 Å². The maximum absolute atomic E-state index is 12.7. The van der Waals surface area contributed by atoms with Gasteiger partial charge in [0.2, 0.25) is 11.5 Å². The Hall–Kier alpha value is -3.97. The van der Waals surface area contributed by atoms with Crippen LogP contribution in [0.1, 0.15) is 26.3 Å². The van der Waals surface area contributed by atoms with Gasteiger partial charge in [0.1, 0.15) is 11.5 Å². The van der Waals surface area contributed by atoms with Crippen LogP contribution in [0.3, 0.4) is 0 Å². The highest BCUT2D eigenvalue weighted by atomic mass is 35.5. The molecule has 4 rings (SSSR count). The van der Waals surface area contributed by atoms with Crippen LogP contribution in [0.5, 0.6) is 28.7 Å². The van der Waals surface area contributed by atoms with Gasteiger partial charge in [0.15, 0.2) is 17.3 Å². The van der Waals surface area contributed by atoms with Gasteiger partial charge in [-0.25, -0.2) is 4.79 Å². The molecule has 0 amide bonds. The largest absolute Gasteiger partial charge is 0.493 e. The van der Waals surface area contributed by atoms with Crippen molar-refractivity contribution in [1.82, 2.24) is 0 Å². The molecule has 33 heavy (non-hydrogen) atoms. The Labute approximate surface area is 195 Å². The normalized spacial score (nSPS) is 13.3. The van der Waals surface area contributed by atoms with Crippen LogP contribution in [0.2, 0.25) is 5.02 Å². The van der Waals surface area contributed by atoms with E-state index >= 15 is 0 Å². The monoisotopic (exact) mass is 466 g/mol. The summed E-state index contributed by atoms with van der Waals surface area (Å²) >= 11 is 5.90. The van der Waals surface area contributed by atoms with Crippen molar-refractivity contribution in [2.24, 2.45) is 0 Å². The molecule has 168 valence electrons. The summed E-state index contributed by atoms with van der Waals surface area (Å²) in [6.07, 6.45) is 1.63. The lowest BCUT2D eigenvalue weighted by Gasteiger charge is -2.13. The molecule has 0 saturated heterocycles. The number of ketones is 1. The molecule has 1 aliphatic rings. The summed E-state index contributed by atoms with van der Waals surface area (Å²) in [6.45, 7) is 0. The number of carbonyl (C=O) groups is 2. The zero-order valence-corrected chi connectivity index (χ0v) is 18.8. The number of halogens is 1. The zero-order chi connectivity index (χ0) is 23.5. The van der Waals surface area contributed by atoms with Crippen LogP contribution >= 0.6 is 11.6 Å². The van der Waals surface area contributed by atoms with Gasteiger partial charge in [-0.1, -0.05) is 23.7 Å². The van der Waals surface area contributed by atoms with Gasteiger partial charge in [-0.05, 0) is 48.0 Å². The first-order valence-corrected chi connectivity index (χ1v) is 10.2. The lowest BCUT2D eigenvalue weighted by atomic mass is 10.1. The Morgan fingerprint density at radius 2 is 1.58 bits per heavy atom. The van der Waals surface area contributed by atoms with Gasteiger partial charge >= 0.3 is 5.97 Å². The lowest BCUT2D eigenvalue weighted by Crippen LogP contribution is -2.09. The van der Waals surface area contributed by atoms with Crippen LogP contribution in [0.25, 0.3) is 6.08 Å². The van der Waals surface area contributed by atoms with Crippen molar-refractivity contribution in [1.29, 1.82) is 0 Å². The number of benzene rings is 3. The molecule has 8 heteroatoms. The molecule has 0 bridgehead atoms. The summed E-state index contributed by atoms with van der Waals surface area (Å²) < 4.78 is 27.0. The summed E-state index contributed by atoms with van der Waals surface area (Å²) in [5.74, 6) is 0.787. The van der Waals surface area contributed by atoms with Crippen molar-refractivity contribution in [2.45, 2.75) is 0 Å². The molecule has 0 N–H and O–H groups in total. The first-order valence-electron chi connectivity index (χ1n) is 9.79. The van der Waals surface area contributed by atoms with Gasteiger partial charge in [-0.2, -0.15) is 0 Å². The number of Topliss-reactive ketones (excluding diaryl/α,β-unsaturated/α-hetero) is 1. The van der Waals surface area contributed by atoms with Gasteiger partial charge in [0.25, 0.3) is 0 Å². The molecule has 0 radical (unpaired) electrons. The summed E-state index contributed by atoms with van der Waals surface area (Å²) in [6, 6.07) is 14.6. The summed E-state index contributed by atoms with van der Waals surface area (Å²) in [5, 5.41) is 0.595. The van der Waals surface area contributed by atoms with Crippen molar-refractivity contribution < 1.29 is 33.3 Å². The number of carbonyl (C=O) groups excluding carboxylic acids is 2. The average Bonchev–Trinajstić information content (AvgIpc) is 3.13. The minimum Gasteiger partial charge on any atom is -0.493 e. The Morgan fingerprint density at radius 1 is 0.909 bits per heavy atom. The molecule has 0 fully saturated rings. The van der Waals surface area contributed by atoms with E-state index in [2.05, 4.69) is 0 Å². The molecule has 1 heterocycles. The third-order valence-corrected chi connectivity index (χ3v) is 5.17. The highest BCUT2D eigenvalue weighted by Crippen LogP contribution is 2.39. The highest BCUT2D eigenvalue weighted by molar-refractivity contribution is 6.30. The molecule has 0 spiro atoms. The van der Waals surface area contributed by atoms with Gasteiger partial charge in [0, 0.05) is 11.1 Å². The van der Waals surface area contributed by atoms with Crippen molar-refractivity contribution >= 4 is 29.4 Å². The van der Waals surface area contributed by atoms with E-state index in [9.17, 15) is 9.59 Å². The highest BCUT2D eigenvalue weighted by Gasteiger charge is 2.28. The third-order valence-electron chi connectivity index (χ3n) is 4.92. The first kappa shape index (κ1) is 22.2. The van der Waals surface area contributed by atoms with Crippen molar-refractivity contribution in [3.8, 4) is 28.7 Å². The quantitative estimate of drug-likeness (QED) is 0.280. The number of hydrogen-bond acceptors (Lipinski definition) is 7. The fourth-order valence-electron chi connectivity index (χ4n) is 3.31. The second-order valence-electron chi connectivity index (χ2n) is 6.95. The van der Waals surface area contributed by atoms with Gasteiger partial charge < -0.3 is 23.7 Å². The smallest absolute Gasteiger partial charge is 0.343 e. The topological polar surface area (TPSA) is 80.3 Å². The summed E-state index contributed by atoms with van der Waals surface area (Å²) in [7, 11) is 4.38. The standard InChI is InChI=1S/C25H19ClO7/c1-29-21-11-15(12-22(30-2)24(21)31-3)25(28)32-17-8-9-18-19(13-17)33-20(23(18)27)10-14-4-6-16(26)7-5-14/h4-13H,1-3H3. The molecular weight excluding hydrogens is 448 g/mol. The summed E-state index contributed by atoms with van der Waals surface area (Å²) in [4.78, 5) is 25.4. The molecule has 3 aromatic rings. The van der Waals surface area contributed by atoms with E-state index in [1.165, 1.54) is 45.6 Å². The number of esters is 1. The van der Waals surface area contributed by atoms with Crippen LogP contribution in [0.15, 0.2) is 60.4 Å². The Kier molecular flexibility index (Phi) is 6.24. The predicted octanol–water partition coefficient (Wildman–Crippen LogP) is 5.20. The predicted molar refractivity (Wildman–Crippen MR) is 122 cm³/mol. The van der Waals surface area contributed by atoms with Crippen LogP contribution in [0, 0.1) is 0 Å². The maximum atomic E-state index is 12.7. The van der Waals surface area contributed by atoms with Crippen molar-refractivity contribution in [3.05, 3.63) is 82.1 Å². The van der Waals surface area contributed by atoms with E-state index in [4.69, 9.17) is 35.3 Å². The SMILES string of the molecule is COc1cc(C(=O)Oc2ccc3c(c2)OC(=Cc2ccc(Cl)cc2)C3=O)cc(OC)c1OC. The van der Waals surface area contributed by atoms with Crippen LogP contribution in [-0.2, 0) is 0 Å². The Morgan fingerprint density at radius 3 is 2.18 bits per heavy atom. The van der Waals surface area contributed by atoms with Crippen molar-refractivity contribution in [2.75, 3.05) is 21.3 Å². The molecule has 3 aromatic carbocycles. The molecule has 0 aliphatic carbocycles. The number of allylic oxidation sites excluding steroid dienone is 1. The molecular formula is C25H19ClO7. The Balaban J connectivity index is 1.56. The molecule has 0 atom stereocenters. The van der Waals surface area contributed by atoms with E-state index in [1.54, 1.807) is 36.4 Å². The fraction of sp³-hybridized carbons (Fsp3) is 0.120. The maximum Gasteiger partial charge on any atom is 0.343 e. The molecule has 0 saturated carbocycles. The fourth-order valence-corrected chi connectivity index (χ4v) is 3.43. The molecule has 0 aromatic heterocycles. The first-order chi connectivity index (χ1) is 15.9. The van der Waals surface area contributed by atoms with Crippen LogP contribution in [-0.4, -0.2) is 33.1 Å². The van der Waals surface area contributed by atoms with Gasteiger partial charge in [-0.15, -0.1) is 0 Å². The summed E-state index contributed by atoms with van der Waals surface area (Å²) in [5.41, 5.74) is 1.35. The van der Waals surface area contributed by atoms with Crippen LogP contribution in [0.4, 0.5) is 0 Å². The number of fused-ring (bicyclic) bond motifs is 1. The van der Waals surface area contributed by atoms with E-state index in [-0.39, 0.29) is 22.9 Å². The van der Waals surface area contributed by atoms with E-state index < -0.39 is 5.97 Å². The second-order valence-corrected chi connectivity index (χ2v) is 7.39. The minimum absolute atomic E-state index is 0.167. The number of methoxy groups -OCH3 is 3. The minimum atomic E-state index is -0.643. The Bertz CT molecular complexity index is 1240. The molecule has 7 nitrogen and oxygen atoms in total. The number of ether oxygens (including phenoxy) is 5. The zero-order valence-electron chi connectivity index (χ0n) is 18.0.